The molecule has 1 unspecified atom stereocenters. The molecule has 1 atom stereocenters. The lowest BCUT2D eigenvalue weighted by molar-refractivity contribution is -0.754. The monoisotopic (exact) mass is 326 g/mol. The van der Waals surface area contributed by atoms with Gasteiger partial charge in [0.25, 0.3) is 5.52 Å². The van der Waals surface area contributed by atoms with Crippen LogP contribution in [0.2, 0.25) is 0 Å². The molecule has 0 radical (unpaired) electrons. The highest BCUT2D eigenvalue weighted by Crippen LogP contribution is 2.31. The number of ether oxygens (including phenoxy) is 2. The van der Waals surface area contributed by atoms with Gasteiger partial charge in [0.2, 0.25) is 5.75 Å². The van der Waals surface area contributed by atoms with Gasteiger partial charge in [0, 0.05) is 6.07 Å². The van der Waals surface area contributed by atoms with Gasteiger partial charge in [0.1, 0.15) is 5.75 Å². The van der Waals surface area contributed by atoms with Gasteiger partial charge in [-0.2, -0.15) is 0 Å². The predicted molar refractivity (Wildman–Crippen MR) is 96.3 cm³/mol. The highest BCUT2D eigenvalue weighted by atomic mass is 16.7. The van der Waals surface area contributed by atoms with E-state index in [2.05, 4.69) is 36.4 Å². The molecule has 0 fully saturated rings. The summed E-state index contributed by atoms with van der Waals surface area (Å²) in [6.07, 6.45) is 1.51. The lowest BCUT2D eigenvalue weighted by atomic mass is 10.1. The summed E-state index contributed by atoms with van der Waals surface area (Å²) < 4.78 is 14.1. The van der Waals surface area contributed by atoms with Gasteiger partial charge < -0.3 is 9.47 Å². The van der Waals surface area contributed by atoms with Crippen molar-refractivity contribution in [3.63, 3.8) is 0 Å². The first-order valence-corrected chi connectivity index (χ1v) is 8.30. The van der Waals surface area contributed by atoms with Crippen LogP contribution in [0, 0.1) is 0 Å². The van der Waals surface area contributed by atoms with Crippen LogP contribution < -0.4 is 14.0 Å². The molecular weight excluding hydrogens is 310 g/mol. The van der Waals surface area contributed by atoms with Gasteiger partial charge in [0.15, 0.2) is 6.20 Å². The quantitative estimate of drug-likeness (QED) is 0.508. The van der Waals surface area contributed by atoms with Crippen molar-refractivity contribution in [2.24, 2.45) is 0 Å². The van der Waals surface area contributed by atoms with E-state index in [4.69, 9.17) is 9.47 Å². The summed E-state index contributed by atoms with van der Waals surface area (Å²) >= 11 is 0. The van der Waals surface area contributed by atoms with E-state index in [1.807, 2.05) is 59.3 Å². The smallest absolute Gasteiger partial charge is 0.402 e. The van der Waals surface area contributed by atoms with E-state index >= 15 is 0 Å². The Bertz CT molecular complexity index is 1040. The average molecular weight is 326 g/mol. The van der Waals surface area contributed by atoms with Crippen molar-refractivity contribution in [3.8, 4) is 22.6 Å². The third-order valence-corrected chi connectivity index (χ3v) is 4.46. The fourth-order valence-corrected chi connectivity index (χ4v) is 3.25. The van der Waals surface area contributed by atoms with Crippen LogP contribution in [0.1, 0.15) is 6.41 Å². The minimum Gasteiger partial charge on any atom is -0.402 e. The summed E-state index contributed by atoms with van der Waals surface area (Å²) in [5, 5.41) is 1.14. The van der Waals surface area contributed by atoms with Crippen LogP contribution in [0.15, 0.2) is 91.1 Å². The predicted octanol–water partition coefficient (Wildman–Crippen LogP) is 4.72. The Morgan fingerprint density at radius 2 is 1.48 bits per heavy atom. The minimum atomic E-state index is -0.483. The normalized spacial score (nSPS) is 15.1. The Balaban J connectivity index is 1.43. The number of hydrogen-bond acceptors (Lipinski definition) is 2. The zero-order valence-electron chi connectivity index (χ0n) is 13.5. The molecule has 5 rings (SSSR count). The molecule has 0 saturated heterocycles. The molecule has 0 spiro atoms. The van der Waals surface area contributed by atoms with Crippen molar-refractivity contribution in [2.45, 2.75) is 6.41 Å². The van der Waals surface area contributed by atoms with Crippen molar-refractivity contribution < 1.29 is 14.0 Å². The molecule has 3 aromatic carbocycles. The van der Waals surface area contributed by atoms with Crippen LogP contribution in [0.25, 0.3) is 22.0 Å². The highest BCUT2D eigenvalue weighted by molar-refractivity contribution is 5.81. The topological polar surface area (TPSA) is 22.3 Å². The first-order chi connectivity index (χ1) is 12.4. The van der Waals surface area contributed by atoms with Crippen molar-refractivity contribution in [2.75, 3.05) is 0 Å². The van der Waals surface area contributed by atoms with Crippen molar-refractivity contribution in [1.29, 1.82) is 0 Å². The van der Waals surface area contributed by atoms with Gasteiger partial charge >= 0.3 is 6.41 Å². The number of aromatic nitrogens is 1. The first kappa shape index (κ1) is 14.1. The van der Waals surface area contributed by atoms with E-state index in [-0.39, 0.29) is 0 Å². The van der Waals surface area contributed by atoms with Gasteiger partial charge in [-0.25, -0.2) is 0 Å². The minimum absolute atomic E-state index is 0.483. The van der Waals surface area contributed by atoms with E-state index in [0.29, 0.717) is 0 Å². The molecule has 1 aliphatic rings. The second-order valence-electron chi connectivity index (χ2n) is 6.04. The Morgan fingerprint density at radius 3 is 2.32 bits per heavy atom. The molecule has 2 heterocycles. The molecule has 0 saturated carbocycles. The van der Waals surface area contributed by atoms with E-state index < -0.39 is 6.41 Å². The molecule has 1 aliphatic heterocycles. The molecule has 0 bridgehead atoms. The molecule has 25 heavy (non-hydrogen) atoms. The summed E-state index contributed by atoms with van der Waals surface area (Å²) in [6.45, 7) is 0. The van der Waals surface area contributed by atoms with Crippen LogP contribution in [0.3, 0.4) is 0 Å². The molecule has 1 aromatic heterocycles. The SMILES string of the molecule is c1ccc(-c2ccc(OC3Oc4cccc5ccc[n+]3c45)cc2)cc1. The van der Waals surface area contributed by atoms with E-state index in [1.54, 1.807) is 0 Å². The van der Waals surface area contributed by atoms with Gasteiger partial charge in [-0.15, -0.1) is 4.57 Å². The van der Waals surface area contributed by atoms with Crippen molar-refractivity contribution >= 4 is 10.9 Å². The maximum Gasteiger partial charge on any atom is 0.468 e. The second kappa shape index (κ2) is 5.64. The number of pyridine rings is 1. The summed E-state index contributed by atoms with van der Waals surface area (Å²) in [4.78, 5) is 0. The molecule has 3 heteroatoms. The molecule has 0 amide bonds. The highest BCUT2D eigenvalue weighted by Gasteiger charge is 2.35. The Labute approximate surface area is 145 Å². The van der Waals surface area contributed by atoms with Crippen LogP contribution in [-0.4, -0.2) is 0 Å². The third-order valence-electron chi connectivity index (χ3n) is 4.46. The van der Waals surface area contributed by atoms with Crippen molar-refractivity contribution in [3.05, 3.63) is 91.1 Å². The van der Waals surface area contributed by atoms with Crippen LogP contribution in [-0.2, 0) is 0 Å². The van der Waals surface area contributed by atoms with Crippen LogP contribution >= 0.6 is 0 Å². The number of benzene rings is 3. The molecule has 0 N–H and O–H groups in total. The third kappa shape index (κ3) is 2.41. The Kier molecular flexibility index (Phi) is 3.17. The van der Waals surface area contributed by atoms with Crippen molar-refractivity contribution in [1.82, 2.24) is 0 Å². The summed E-state index contributed by atoms with van der Waals surface area (Å²) in [5.74, 6) is 1.63. The summed E-state index contributed by atoms with van der Waals surface area (Å²) in [6, 6.07) is 28.5. The maximum absolute atomic E-state index is 6.08. The zero-order chi connectivity index (χ0) is 16.6. The molecule has 3 nitrogen and oxygen atoms in total. The van der Waals surface area contributed by atoms with Crippen LogP contribution in [0.5, 0.6) is 11.5 Å². The number of rotatable bonds is 3. The lowest BCUT2D eigenvalue weighted by Crippen LogP contribution is -2.41. The largest absolute Gasteiger partial charge is 0.468 e. The fourth-order valence-electron chi connectivity index (χ4n) is 3.25. The maximum atomic E-state index is 6.08. The molecule has 120 valence electrons. The standard InChI is InChI=1S/C22H16NO2/c1-2-6-16(7-3-1)17-11-13-19(14-12-17)24-22-23-15-5-9-18-8-4-10-20(25-22)21(18)23/h1-15,22H/q+1. The van der Waals surface area contributed by atoms with E-state index in [1.165, 1.54) is 11.1 Å². The Morgan fingerprint density at radius 1 is 0.720 bits per heavy atom. The van der Waals surface area contributed by atoms with Gasteiger partial charge in [-0.1, -0.05) is 48.5 Å². The zero-order valence-corrected chi connectivity index (χ0v) is 13.5. The summed E-state index contributed by atoms with van der Waals surface area (Å²) in [7, 11) is 0. The van der Waals surface area contributed by atoms with Crippen LogP contribution in [0.4, 0.5) is 0 Å². The number of para-hydroxylation sites is 1. The fraction of sp³-hybridized carbons (Fsp3) is 0.0455. The van der Waals surface area contributed by atoms with Gasteiger partial charge in [0.05, 0.1) is 5.39 Å². The van der Waals surface area contributed by atoms with Gasteiger partial charge in [-0.3, -0.25) is 0 Å². The van der Waals surface area contributed by atoms with E-state index in [9.17, 15) is 0 Å². The average Bonchev–Trinajstić information content (AvgIpc) is 3.03. The lowest BCUT2D eigenvalue weighted by Gasteiger charge is -2.10. The molecule has 0 aliphatic carbocycles. The first-order valence-electron chi connectivity index (χ1n) is 8.30. The molecular formula is C22H16NO2+. The van der Waals surface area contributed by atoms with E-state index in [0.717, 1.165) is 22.4 Å². The molecule has 4 aromatic rings. The Hall–Kier alpha value is -3.33. The number of hydrogen-bond donors (Lipinski definition) is 0. The van der Waals surface area contributed by atoms with Gasteiger partial charge in [-0.05, 0) is 41.5 Å². The summed E-state index contributed by atoms with van der Waals surface area (Å²) in [5.41, 5.74) is 3.42. The second-order valence-corrected chi connectivity index (χ2v) is 6.04. The number of nitrogens with zero attached hydrogens (tertiary/aromatic N) is 1.